The quantitative estimate of drug-likeness (QED) is 0.787. The summed E-state index contributed by atoms with van der Waals surface area (Å²) in [6.45, 7) is 6.10. The summed E-state index contributed by atoms with van der Waals surface area (Å²) >= 11 is 0. The van der Waals surface area contributed by atoms with Crippen molar-refractivity contribution in [2.45, 2.75) is 45.1 Å². The van der Waals surface area contributed by atoms with Crippen molar-refractivity contribution in [3.05, 3.63) is 0 Å². The minimum Gasteiger partial charge on any atom is -0.352 e. The van der Waals surface area contributed by atoms with Gasteiger partial charge in [-0.25, -0.2) is 0 Å². The first-order chi connectivity index (χ1) is 9.17. The Morgan fingerprint density at radius 2 is 1.95 bits per heavy atom. The van der Waals surface area contributed by atoms with E-state index in [9.17, 15) is 4.79 Å². The van der Waals surface area contributed by atoms with Crippen LogP contribution in [-0.4, -0.2) is 50.1 Å². The van der Waals surface area contributed by atoms with Crippen LogP contribution >= 0.6 is 0 Å². The Kier molecular flexibility index (Phi) is 5.64. The van der Waals surface area contributed by atoms with Gasteiger partial charge >= 0.3 is 0 Å². The topological polar surface area (TPSA) is 44.4 Å². The second kappa shape index (κ2) is 7.25. The number of nitrogens with one attached hydrogen (secondary N) is 2. The van der Waals surface area contributed by atoms with Crippen LogP contribution in [0, 0.1) is 11.8 Å². The predicted octanol–water partition coefficient (Wildman–Crippen LogP) is 1.22. The molecule has 1 unspecified atom stereocenters. The van der Waals surface area contributed by atoms with Gasteiger partial charge in [-0.15, -0.1) is 0 Å². The summed E-state index contributed by atoms with van der Waals surface area (Å²) in [6.07, 6.45) is 6.07. The second-order valence-corrected chi connectivity index (χ2v) is 6.47. The molecule has 0 aromatic carbocycles. The van der Waals surface area contributed by atoms with Gasteiger partial charge in [0.25, 0.3) is 0 Å². The first-order valence-electron chi connectivity index (χ1n) is 7.83. The van der Waals surface area contributed by atoms with Gasteiger partial charge in [-0.1, -0.05) is 6.92 Å². The predicted molar refractivity (Wildman–Crippen MR) is 78.0 cm³/mol. The van der Waals surface area contributed by atoms with Crippen molar-refractivity contribution in [2.75, 3.05) is 33.2 Å². The van der Waals surface area contributed by atoms with Crippen molar-refractivity contribution >= 4 is 5.91 Å². The molecule has 1 heterocycles. The Labute approximate surface area is 117 Å². The smallest absolute Gasteiger partial charge is 0.234 e. The summed E-state index contributed by atoms with van der Waals surface area (Å²) in [7, 11) is 2.00. The molecule has 19 heavy (non-hydrogen) atoms. The Balaban J connectivity index is 1.65. The molecule has 0 radical (unpaired) electrons. The van der Waals surface area contributed by atoms with Crippen molar-refractivity contribution in [1.82, 2.24) is 15.5 Å². The van der Waals surface area contributed by atoms with Crippen LogP contribution in [0.5, 0.6) is 0 Å². The third kappa shape index (κ3) is 4.77. The maximum Gasteiger partial charge on any atom is 0.234 e. The van der Waals surface area contributed by atoms with Gasteiger partial charge in [0.1, 0.15) is 0 Å². The molecule has 1 aliphatic heterocycles. The van der Waals surface area contributed by atoms with Gasteiger partial charge < -0.3 is 10.6 Å². The number of rotatable bonds is 5. The molecule has 4 heteroatoms. The average molecular weight is 267 g/mol. The average Bonchev–Trinajstić information content (AvgIpc) is 2.80. The van der Waals surface area contributed by atoms with Crippen LogP contribution < -0.4 is 10.6 Å². The molecule has 1 aliphatic carbocycles. The van der Waals surface area contributed by atoms with Gasteiger partial charge in [-0.2, -0.15) is 0 Å². The molecular weight excluding hydrogens is 238 g/mol. The van der Waals surface area contributed by atoms with E-state index in [4.69, 9.17) is 0 Å². The lowest BCUT2D eigenvalue weighted by Gasteiger charge is -2.27. The lowest BCUT2D eigenvalue weighted by atomic mass is 9.87. The fourth-order valence-corrected chi connectivity index (χ4v) is 3.39. The van der Waals surface area contributed by atoms with Crippen LogP contribution in [0.3, 0.4) is 0 Å². The Hall–Kier alpha value is -0.610. The van der Waals surface area contributed by atoms with E-state index in [1.807, 2.05) is 7.05 Å². The molecule has 110 valence electrons. The molecule has 2 aliphatic rings. The fourth-order valence-electron chi connectivity index (χ4n) is 3.39. The highest BCUT2D eigenvalue weighted by Crippen LogP contribution is 2.23. The van der Waals surface area contributed by atoms with Crippen molar-refractivity contribution in [3.8, 4) is 0 Å². The van der Waals surface area contributed by atoms with Crippen LogP contribution in [-0.2, 0) is 4.79 Å². The first-order valence-corrected chi connectivity index (χ1v) is 7.83. The Bertz CT molecular complexity index is 287. The molecule has 4 nitrogen and oxygen atoms in total. The van der Waals surface area contributed by atoms with Gasteiger partial charge in [0.15, 0.2) is 0 Å². The Morgan fingerprint density at radius 1 is 1.21 bits per heavy atom. The fraction of sp³-hybridized carbons (Fsp3) is 0.933. The Morgan fingerprint density at radius 3 is 2.63 bits per heavy atom. The third-order valence-corrected chi connectivity index (χ3v) is 4.61. The molecule has 2 fully saturated rings. The van der Waals surface area contributed by atoms with Crippen molar-refractivity contribution in [3.63, 3.8) is 0 Å². The zero-order chi connectivity index (χ0) is 13.7. The minimum atomic E-state index is 0.227. The van der Waals surface area contributed by atoms with Gasteiger partial charge in [0.05, 0.1) is 6.54 Å². The summed E-state index contributed by atoms with van der Waals surface area (Å²) in [5, 5.41) is 6.44. The molecule has 1 saturated heterocycles. The van der Waals surface area contributed by atoms with E-state index in [0.29, 0.717) is 18.5 Å². The van der Waals surface area contributed by atoms with Gasteiger partial charge in [-0.3, -0.25) is 9.69 Å². The molecule has 2 N–H and O–H groups in total. The highest BCUT2D eigenvalue weighted by molar-refractivity contribution is 5.78. The number of hydrogen-bond acceptors (Lipinski definition) is 3. The number of carbonyl (C=O) groups excluding carboxylic acids is 1. The summed E-state index contributed by atoms with van der Waals surface area (Å²) in [4.78, 5) is 14.3. The highest BCUT2D eigenvalue weighted by Gasteiger charge is 2.25. The van der Waals surface area contributed by atoms with Gasteiger partial charge in [-0.05, 0) is 64.1 Å². The summed E-state index contributed by atoms with van der Waals surface area (Å²) in [5.74, 6) is 1.78. The van der Waals surface area contributed by atoms with E-state index in [-0.39, 0.29) is 5.91 Å². The molecule has 0 spiro atoms. The van der Waals surface area contributed by atoms with E-state index in [1.165, 1.54) is 19.3 Å². The van der Waals surface area contributed by atoms with Crippen LogP contribution in [0.4, 0.5) is 0 Å². The summed E-state index contributed by atoms with van der Waals surface area (Å²) in [5.41, 5.74) is 0. The summed E-state index contributed by atoms with van der Waals surface area (Å²) < 4.78 is 0. The van der Waals surface area contributed by atoms with Crippen LogP contribution in [0.2, 0.25) is 0 Å². The number of nitrogens with zero attached hydrogens (tertiary/aromatic N) is 1. The van der Waals surface area contributed by atoms with E-state index in [0.717, 1.165) is 38.4 Å². The molecule has 1 saturated carbocycles. The number of hydrogen-bond donors (Lipinski definition) is 2. The monoisotopic (exact) mass is 267 g/mol. The molecule has 2 rings (SSSR count). The van der Waals surface area contributed by atoms with Crippen molar-refractivity contribution < 1.29 is 4.79 Å². The van der Waals surface area contributed by atoms with E-state index >= 15 is 0 Å². The van der Waals surface area contributed by atoms with Gasteiger partial charge in [0, 0.05) is 12.6 Å². The van der Waals surface area contributed by atoms with Crippen molar-refractivity contribution in [2.24, 2.45) is 11.8 Å². The SMILES string of the molecule is CNCC1CCN(CC(=O)NC2CCC(C)CC2)C1. The number of carbonyl (C=O) groups is 1. The molecule has 0 aromatic rings. The summed E-state index contributed by atoms with van der Waals surface area (Å²) in [6, 6.07) is 0.430. The zero-order valence-electron chi connectivity index (χ0n) is 12.5. The first kappa shape index (κ1) is 14.8. The lowest BCUT2D eigenvalue weighted by molar-refractivity contribution is -0.123. The minimum absolute atomic E-state index is 0.227. The standard InChI is InChI=1S/C15H29N3O/c1-12-3-5-14(6-4-12)17-15(19)11-18-8-7-13(10-18)9-16-2/h12-14,16H,3-11H2,1-2H3,(H,17,19). The maximum absolute atomic E-state index is 12.0. The van der Waals surface area contributed by atoms with Gasteiger partial charge in [0.2, 0.25) is 5.91 Å². The van der Waals surface area contributed by atoms with E-state index < -0.39 is 0 Å². The molecule has 0 bridgehead atoms. The van der Waals surface area contributed by atoms with Crippen LogP contribution in [0.25, 0.3) is 0 Å². The van der Waals surface area contributed by atoms with E-state index in [1.54, 1.807) is 0 Å². The number of likely N-dealkylation sites (tertiary alicyclic amines) is 1. The maximum atomic E-state index is 12.0. The van der Waals surface area contributed by atoms with Crippen molar-refractivity contribution in [1.29, 1.82) is 0 Å². The normalized spacial score (nSPS) is 32.4. The zero-order valence-corrected chi connectivity index (χ0v) is 12.5. The molecule has 1 atom stereocenters. The van der Waals surface area contributed by atoms with Crippen LogP contribution in [0.1, 0.15) is 39.0 Å². The third-order valence-electron chi connectivity index (χ3n) is 4.61. The number of amides is 1. The molecular formula is C15H29N3O. The highest BCUT2D eigenvalue weighted by atomic mass is 16.2. The van der Waals surface area contributed by atoms with E-state index in [2.05, 4.69) is 22.5 Å². The molecule has 1 amide bonds. The van der Waals surface area contributed by atoms with Crippen LogP contribution in [0.15, 0.2) is 0 Å². The second-order valence-electron chi connectivity index (χ2n) is 6.47. The molecule has 0 aromatic heterocycles. The largest absolute Gasteiger partial charge is 0.352 e. The lowest BCUT2D eigenvalue weighted by Crippen LogP contribution is -2.43.